The fourth-order valence-corrected chi connectivity index (χ4v) is 4.59. The number of ether oxygens (including phenoxy) is 1. The average molecular weight is 415 g/mol. The molecule has 162 valence electrons. The normalized spacial score (nSPS) is 21.3. The Labute approximate surface area is 176 Å². The number of carbonyl (C=O) groups excluding carboxylic acids is 3. The summed E-state index contributed by atoms with van der Waals surface area (Å²) in [7, 11) is 0. The van der Waals surface area contributed by atoms with Gasteiger partial charge >= 0.3 is 6.03 Å². The molecule has 3 aliphatic rings. The number of urea groups is 1. The van der Waals surface area contributed by atoms with E-state index in [1.165, 1.54) is 4.90 Å². The van der Waals surface area contributed by atoms with Crippen LogP contribution in [-0.2, 0) is 20.9 Å². The first-order valence-corrected chi connectivity index (χ1v) is 10.9. The van der Waals surface area contributed by atoms with Crippen molar-refractivity contribution in [3.8, 4) is 0 Å². The molecule has 0 unspecified atom stereocenters. The van der Waals surface area contributed by atoms with Gasteiger partial charge in [-0.05, 0) is 30.9 Å². The van der Waals surface area contributed by atoms with Crippen molar-refractivity contribution in [1.29, 1.82) is 0 Å². The first-order chi connectivity index (χ1) is 14.6. The number of para-hydroxylation sites is 1. The second-order valence-electron chi connectivity index (χ2n) is 8.37. The third-order valence-corrected chi connectivity index (χ3v) is 6.28. The van der Waals surface area contributed by atoms with E-state index in [1.54, 1.807) is 0 Å². The van der Waals surface area contributed by atoms with Gasteiger partial charge in [-0.2, -0.15) is 0 Å². The highest BCUT2D eigenvalue weighted by Crippen LogP contribution is 2.35. The number of carbonyl (C=O) groups is 3. The summed E-state index contributed by atoms with van der Waals surface area (Å²) in [6.45, 7) is 4.28. The largest absolute Gasteiger partial charge is 0.379 e. The lowest BCUT2D eigenvalue weighted by molar-refractivity contribution is -0.131. The molecular weight excluding hydrogens is 384 g/mol. The zero-order chi connectivity index (χ0) is 21.0. The maximum absolute atomic E-state index is 12.7. The van der Waals surface area contributed by atoms with Crippen LogP contribution >= 0.6 is 0 Å². The van der Waals surface area contributed by atoms with E-state index in [4.69, 9.17) is 4.74 Å². The van der Waals surface area contributed by atoms with Gasteiger partial charge in [0, 0.05) is 38.3 Å². The molecule has 3 fully saturated rings. The number of imide groups is 1. The molecule has 30 heavy (non-hydrogen) atoms. The van der Waals surface area contributed by atoms with Crippen LogP contribution in [0.4, 0.5) is 10.5 Å². The lowest BCUT2D eigenvalue weighted by Crippen LogP contribution is -2.44. The summed E-state index contributed by atoms with van der Waals surface area (Å²) >= 11 is 0. The Morgan fingerprint density at radius 2 is 1.87 bits per heavy atom. The molecular formula is C22H30N4O4. The van der Waals surface area contributed by atoms with Crippen LogP contribution in [0.25, 0.3) is 0 Å². The minimum atomic E-state index is -0.683. The fraction of sp³-hybridized carbons (Fsp3) is 0.591. The van der Waals surface area contributed by atoms with E-state index in [1.807, 2.05) is 24.3 Å². The first-order valence-electron chi connectivity index (χ1n) is 10.9. The minimum absolute atomic E-state index is 0.105. The van der Waals surface area contributed by atoms with Crippen molar-refractivity contribution in [2.24, 2.45) is 0 Å². The Morgan fingerprint density at radius 1 is 1.13 bits per heavy atom. The zero-order valence-electron chi connectivity index (χ0n) is 17.3. The molecule has 1 aromatic rings. The number of anilines is 1. The van der Waals surface area contributed by atoms with Gasteiger partial charge in [-0.15, -0.1) is 0 Å². The van der Waals surface area contributed by atoms with Gasteiger partial charge in [0.1, 0.15) is 5.54 Å². The van der Waals surface area contributed by atoms with Gasteiger partial charge in [-0.25, -0.2) is 4.79 Å². The lowest BCUT2D eigenvalue weighted by Gasteiger charge is -2.27. The second-order valence-corrected chi connectivity index (χ2v) is 8.37. The topological polar surface area (TPSA) is 91.0 Å². The van der Waals surface area contributed by atoms with Crippen molar-refractivity contribution < 1.29 is 19.1 Å². The predicted molar refractivity (Wildman–Crippen MR) is 112 cm³/mol. The maximum Gasteiger partial charge on any atom is 0.325 e. The first kappa shape index (κ1) is 20.8. The van der Waals surface area contributed by atoms with Crippen molar-refractivity contribution in [1.82, 2.24) is 15.1 Å². The molecule has 0 aromatic heterocycles. The number of morpholine rings is 1. The average Bonchev–Trinajstić information content (AvgIpc) is 3.30. The summed E-state index contributed by atoms with van der Waals surface area (Å²) in [6, 6.07) is 7.50. The highest BCUT2D eigenvalue weighted by Gasteiger charge is 2.52. The van der Waals surface area contributed by atoms with Crippen molar-refractivity contribution in [3.63, 3.8) is 0 Å². The molecule has 8 nitrogen and oxygen atoms in total. The van der Waals surface area contributed by atoms with Crippen LogP contribution in [0.1, 0.15) is 44.1 Å². The molecule has 0 bridgehead atoms. The Morgan fingerprint density at radius 3 is 2.63 bits per heavy atom. The standard InChI is InChI=1S/C22H30N4O4/c27-19(8-5-11-26-20(28)22(24-21(26)29)9-3-4-10-22)23-18-7-2-1-6-17(18)16-25-12-14-30-15-13-25/h1-2,6-7H,3-5,8-16H2,(H,23,27)(H,24,29). The van der Waals surface area contributed by atoms with Crippen LogP contribution in [-0.4, -0.2) is 66.0 Å². The molecule has 1 saturated carbocycles. The van der Waals surface area contributed by atoms with Crippen molar-refractivity contribution in [2.45, 2.75) is 50.6 Å². The summed E-state index contributed by atoms with van der Waals surface area (Å²) in [5, 5.41) is 5.87. The number of hydrogen-bond donors (Lipinski definition) is 2. The zero-order valence-corrected chi connectivity index (χ0v) is 17.3. The Bertz CT molecular complexity index is 800. The minimum Gasteiger partial charge on any atom is -0.379 e. The molecule has 4 rings (SSSR count). The SMILES string of the molecule is O=C(CCCN1C(=O)NC2(CCCC2)C1=O)Nc1ccccc1CN1CCOCC1. The van der Waals surface area contributed by atoms with Crippen LogP contribution in [0.5, 0.6) is 0 Å². The van der Waals surface area contributed by atoms with Crippen LogP contribution in [0.3, 0.4) is 0 Å². The van der Waals surface area contributed by atoms with Crippen LogP contribution in [0, 0.1) is 0 Å². The number of amides is 4. The van der Waals surface area contributed by atoms with Gasteiger partial charge in [0.25, 0.3) is 5.91 Å². The Kier molecular flexibility index (Phi) is 6.34. The Balaban J connectivity index is 1.27. The molecule has 8 heteroatoms. The number of benzene rings is 1. The summed E-state index contributed by atoms with van der Waals surface area (Å²) in [4.78, 5) is 41.0. The molecule has 0 radical (unpaired) electrons. The van der Waals surface area contributed by atoms with Gasteiger partial charge in [0.2, 0.25) is 5.91 Å². The van der Waals surface area contributed by atoms with Crippen molar-refractivity contribution >= 4 is 23.5 Å². The summed E-state index contributed by atoms with van der Waals surface area (Å²) in [5.74, 6) is -0.228. The molecule has 2 N–H and O–H groups in total. The number of rotatable bonds is 7. The van der Waals surface area contributed by atoms with Gasteiger partial charge in [0.05, 0.1) is 13.2 Å². The maximum atomic E-state index is 12.7. The quantitative estimate of drug-likeness (QED) is 0.667. The number of nitrogens with zero attached hydrogens (tertiary/aromatic N) is 2. The molecule has 1 spiro atoms. The third kappa shape index (κ3) is 4.49. The number of hydrogen-bond acceptors (Lipinski definition) is 5. The van der Waals surface area contributed by atoms with E-state index in [2.05, 4.69) is 15.5 Å². The van der Waals surface area contributed by atoms with E-state index in [0.717, 1.165) is 56.9 Å². The van der Waals surface area contributed by atoms with E-state index in [-0.39, 0.29) is 30.8 Å². The van der Waals surface area contributed by atoms with Gasteiger partial charge in [-0.3, -0.25) is 19.4 Å². The monoisotopic (exact) mass is 414 g/mol. The fourth-order valence-electron chi connectivity index (χ4n) is 4.59. The second kappa shape index (κ2) is 9.14. The van der Waals surface area contributed by atoms with Crippen molar-refractivity contribution in [2.75, 3.05) is 38.2 Å². The summed E-state index contributed by atoms with van der Waals surface area (Å²) in [5.41, 5.74) is 1.21. The van der Waals surface area contributed by atoms with Crippen LogP contribution < -0.4 is 10.6 Å². The molecule has 2 heterocycles. The summed E-state index contributed by atoms with van der Waals surface area (Å²) < 4.78 is 5.40. The molecule has 2 saturated heterocycles. The molecule has 2 aliphatic heterocycles. The number of nitrogens with one attached hydrogen (secondary N) is 2. The highest BCUT2D eigenvalue weighted by atomic mass is 16.5. The Hall–Kier alpha value is -2.45. The molecule has 4 amide bonds. The van der Waals surface area contributed by atoms with Gasteiger partial charge in [-0.1, -0.05) is 31.0 Å². The molecule has 0 atom stereocenters. The van der Waals surface area contributed by atoms with Crippen molar-refractivity contribution in [3.05, 3.63) is 29.8 Å². The van der Waals surface area contributed by atoms with E-state index in [0.29, 0.717) is 19.3 Å². The van der Waals surface area contributed by atoms with E-state index < -0.39 is 5.54 Å². The highest BCUT2D eigenvalue weighted by molar-refractivity contribution is 6.07. The third-order valence-electron chi connectivity index (χ3n) is 6.28. The molecule has 1 aromatic carbocycles. The molecule has 1 aliphatic carbocycles. The lowest BCUT2D eigenvalue weighted by atomic mass is 9.98. The van der Waals surface area contributed by atoms with Gasteiger partial charge in [0.15, 0.2) is 0 Å². The van der Waals surface area contributed by atoms with E-state index >= 15 is 0 Å². The van der Waals surface area contributed by atoms with Crippen LogP contribution in [0.15, 0.2) is 24.3 Å². The summed E-state index contributed by atoms with van der Waals surface area (Å²) in [6.07, 6.45) is 4.07. The van der Waals surface area contributed by atoms with Gasteiger partial charge < -0.3 is 15.4 Å². The van der Waals surface area contributed by atoms with E-state index in [9.17, 15) is 14.4 Å². The van der Waals surface area contributed by atoms with Crippen LogP contribution in [0.2, 0.25) is 0 Å². The predicted octanol–water partition coefficient (Wildman–Crippen LogP) is 2.10. The smallest absolute Gasteiger partial charge is 0.325 e.